The van der Waals surface area contributed by atoms with Crippen molar-refractivity contribution in [3.05, 3.63) is 102 Å². The number of pyridine rings is 1. The largest absolute Gasteiger partial charge is 0.344 e. The first-order valence-electron chi connectivity index (χ1n) is 10.9. The molecule has 3 N–H and O–H groups in total. The Balaban J connectivity index is 1.66. The van der Waals surface area contributed by atoms with Crippen molar-refractivity contribution >= 4 is 23.5 Å². The van der Waals surface area contributed by atoms with Crippen molar-refractivity contribution in [2.45, 2.75) is 32.0 Å². The third-order valence-corrected chi connectivity index (χ3v) is 5.07. The van der Waals surface area contributed by atoms with Crippen LogP contribution < -0.4 is 16.0 Å². The summed E-state index contributed by atoms with van der Waals surface area (Å²) in [6.07, 6.45) is 1.72. The van der Waals surface area contributed by atoms with Gasteiger partial charge in [0.25, 0.3) is 11.8 Å². The molecule has 2 atom stereocenters. The van der Waals surface area contributed by atoms with Crippen LogP contribution >= 0.6 is 0 Å². The minimum absolute atomic E-state index is 0.0843. The lowest BCUT2D eigenvalue weighted by molar-refractivity contribution is -0.140. The molecule has 3 aromatic rings. The molecule has 2 aromatic carbocycles. The number of carbonyl (C=O) groups excluding carboxylic acids is 4. The zero-order chi connectivity index (χ0) is 24.3. The minimum atomic E-state index is -1.10. The third-order valence-electron chi connectivity index (χ3n) is 5.07. The summed E-state index contributed by atoms with van der Waals surface area (Å²) in [4.78, 5) is 54.8. The van der Waals surface area contributed by atoms with E-state index in [9.17, 15) is 19.2 Å². The lowest BCUT2D eigenvalue weighted by Crippen LogP contribution is -2.53. The molecule has 1 aromatic heterocycles. The van der Waals surface area contributed by atoms with Crippen molar-refractivity contribution in [1.82, 2.24) is 20.9 Å². The highest BCUT2D eigenvalue weighted by Gasteiger charge is 2.29. The van der Waals surface area contributed by atoms with Gasteiger partial charge in [0, 0.05) is 18.2 Å². The lowest BCUT2D eigenvalue weighted by Gasteiger charge is -2.21. The molecule has 0 aliphatic rings. The zero-order valence-electron chi connectivity index (χ0n) is 18.7. The summed E-state index contributed by atoms with van der Waals surface area (Å²) < 4.78 is 0. The number of nitrogens with one attached hydrogen (secondary N) is 3. The molecule has 3 rings (SSSR count). The third kappa shape index (κ3) is 7.09. The topological polar surface area (TPSA) is 117 Å². The summed E-state index contributed by atoms with van der Waals surface area (Å²) >= 11 is 0. The van der Waals surface area contributed by atoms with Crippen LogP contribution in [-0.2, 0) is 27.3 Å². The molecule has 174 valence electrons. The highest BCUT2D eigenvalue weighted by Crippen LogP contribution is 2.06. The Morgan fingerprint density at radius 2 is 1.47 bits per heavy atom. The molecule has 0 spiro atoms. The van der Waals surface area contributed by atoms with E-state index in [4.69, 9.17) is 0 Å². The molecule has 0 saturated heterocycles. The van der Waals surface area contributed by atoms with E-state index in [1.165, 1.54) is 6.92 Å². The molecule has 0 radical (unpaired) electrons. The summed E-state index contributed by atoms with van der Waals surface area (Å²) in [5, 5.41) is 7.78. The van der Waals surface area contributed by atoms with Crippen LogP contribution in [0.5, 0.6) is 0 Å². The van der Waals surface area contributed by atoms with Gasteiger partial charge in [-0.25, -0.2) is 0 Å². The predicted molar refractivity (Wildman–Crippen MR) is 127 cm³/mol. The molecule has 34 heavy (non-hydrogen) atoms. The maximum Gasteiger partial charge on any atom is 0.289 e. The van der Waals surface area contributed by atoms with Gasteiger partial charge in [-0.05, 0) is 36.8 Å². The van der Waals surface area contributed by atoms with E-state index < -0.39 is 35.6 Å². The maximum absolute atomic E-state index is 12.9. The Bertz CT molecular complexity index is 1120. The number of Topliss-reactive ketones (excluding diaryl/α,β-unsaturated/α-hetero) is 1. The van der Waals surface area contributed by atoms with E-state index in [0.29, 0.717) is 11.3 Å². The van der Waals surface area contributed by atoms with E-state index in [2.05, 4.69) is 20.9 Å². The molecular formula is C26H26N4O4. The zero-order valence-corrected chi connectivity index (χ0v) is 18.7. The van der Waals surface area contributed by atoms with E-state index in [1.54, 1.807) is 66.9 Å². The second-order valence-electron chi connectivity index (χ2n) is 7.68. The Morgan fingerprint density at radius 1 is 0.824 bits per heavy atom. The number of hydrogen-bond donors (Lipinski definition) is 3. The summed E-state index contributed by atoms with van der Waals surface area (Å²) in [5.41, 5.74) is 1.79. The molecule has 8 heteroatoms. The molecule has 0 aliphatic carbocycles. The van der Waals surface area contributed by atoms with Crippen molar-refractivity contribution in [1.29, 1.82) is 0 Å². The highest BCUT2D eigenvalue weighted by atomic mass is 16.2. The SMILES string of the molecule is CC(NC(=O)c1ccccc1)C(=O)NC(Cc1ccccc1)C(=O)C(=O)NCc1ccccn1. The molecule has 0 saturated carbocycles. The quantitative estimate of drug-likeness (QED) is 0.401. The molecule has 3 amide bonds. The van der Waals surface area contributed by atoms with Crippen LogP contribution in [0.15, 0.2) is 85.1 Å². The van der Waals surface area contributed by atoms with Gasteiger partial charge in [0.2, 0.25) is 11.7 Å². The average molecular weight is 459 g/mol. The van der Waals surface area contributed by atoms with Crippen molar-refractivity contribution < 1.29 is 19.2 Å². The van der Waals surface area contributed by atoms with Crippen LogP contribution in [0.25, 0.3) is 0 Å². The maximum atomic E-state index is 12.9. The van der Waals surface area contributed by atoms with Crippen molar-refractivity contribution in [3.63, 3.8) is 0 Å². The Hall–Kier alpha value is -4.33. The van der Waals surface area contributed by atoms with Gasteiger partial charge in [0.1, 0.15) is 12.1 Å². The molecule has 0 fully saturated rings. The van der Waals surface area contributed by atoms with Gasteiger partial charge in [0.05, 0.1) is 12.2 Å². The fourth-order valence-corrected chi connectivity index (χ4v) is 3.21. The Morgan fingerprint density at radius 3 is 2.12 bits per heavy atom. The fourth-order valence-electron chi connectivity index (χ4n) is 3.21. The first-order valence-corrected chi connectivity index (χ1v) is 10.9. The summed E-state index contributed by atoms with van der Waals surface area (Å²) in [7, 11) is 0. The van der Waals surface area contributed by atoms with E-state index in [1.807, 2.05) is 18.2 Å². The van der Waals surface area contributed by atoms with Crippen LogP contribution in [0.1, 0.15) is 28.5 Å². The molecule has 0 bridgehead atoms. The van der Waals surface area contributed by atoms with Crippen molar-refractivity contribution in [3.8, 4) is 0 Å². The number of benzene rings is 2. The van der Waals surface area contributed by atoms with E-state index >= 15 is 0 Å². The number of aromatic nitrogens is 1. The van der Waals surface area contributed by atoms with Crippen LogP contribution in [-0.4, -0.2) is 40.6 Å². The van der Waals surface area contributed by atoms with Gasteiger partial charge < -0.3 is 16.0 Å². The van der Waals surface area contributed by atoms with Crippen LogP contribution in [0.4, 0.5) is 0 Å². The van der Waals surface area contributed by atoms with Gasteiger partial charge >= 0.3 is 0 Å². The standard InChI is InChI=1S/C26H26N4O4/c1-18(29-25(33)20-12-6-3-7-13-20)24(32)30-22(16-19-10-4-2-5-11-19)23(31)26(34)28-17-21-14-8-9-15-27-21/h2-15,18,22H,16-17H2,1H3,(H,28,34)(H,29,33)(H,30,32). The Labute approximate surface area is 197 Å². The fraction of sp³-hybridized carbons (Fsp3) is 0.192. The van der Waals surface area contributed by atoms with Gasteiger partial charge in [0.15, 0.2) is 0 Å². The van der Waals surface area contributed by atoms with Crippen LogP contribution in [0.2, 0.25) is 0 Å². The second kappa shape index (κ2) is 12.1. The summed E-state index contributed by atoms with van der Waals surface area (Å²) in [6, 6.07) is 20.8. The molecule has 0 aliphatic heterocycles. The normalized spacial score (nSPS) is 12.1. The van der Waals surface area contributed by atoms with Crippen molar-refractivity contribution in [2.75, 3.05) is 0 Å². The molecule has 8 nitrogen and oxygen atoms in total. The summed E-state index contributed by atoms with van der Waals surface area (Å²) in [6.45, 7) is 1.60. The highest BCUT2D eigenvalue weighted by molar-refractivity contribution is 6.38. The number of rotatable bonds is 10. The first-order chi connectivity index (χ1) is 16.4. The van der Waals surface area contributed by atoms with Crippen LogP contribution in [0.3, 0.4) is 0 Å². The number of hydrogen-bond acceptors (Lipinski definition) is 5. The minimum Gasteiger partial charge on any atom is -0.344 e. The van der Waals surface area contributed by atoms with Crippen molar-refractivity contribution in [2.24, 2.45) is 0 Å². The Kier molecular flexibility index (Phi) is 8.62. The smallest absolute Gasteiger partial charge is 0.289 e. The number of nitrogens with zero attached hydrogens (tertiary/aromatic N) is 1. The van der Waals surface area contributed by atoms with E-state index in [-0.39, 0.29) is 13.0 Å². The first kappa shape index (κ1) is 24.3. The molecule has 2 unspecified atom stereocenters. The van der Waals surface area contributed by atoms with Gasteiger partial charge in [-0.15, -0.1) is 0 Å². The van der Waals surface area contributed by atoms with Gasteiger partial charge in [-0.3, -0.25) is 24.2 Å². The van der Waals surface area contributed by atoms with Gasteiger partial charge in [-0.1, -0.05) is 54.6 Å². The number of amides is 3. The average Bonchev–Trinajstić information content (AvgIpc) is 2.88. The lowest BCUT2D eigenvalue weighted by atomic mass is 10.0. The second-order valence-corrected chi connectivity index (χ2v) is 7.68. The van der Waals surface area contributed by atoms with Gasteiger partial charge in [-0.2, -0.15) is 0 Å². The molecule has 1 heterocycles. The van der Waals surface area contributed by atoms with E-state index in [0.717, 1.165) is 5.56 Å². The monoisotopic (exact) mass is 458 g/mol. The molecular weight excluding hydrogens is 432 g/mol. The number of ketones is 1. The van der Waals surface area contributed by atoms with Crippen LogP contribution in [0, 0.1) is 0 Å². The number of carbonyl (C=O) groups is 4. The summed E-state index contributed by atoms with van der Waals surface area (Å²) in [5.74, 6) is -2.60. The predicted octanol–water partition coefficient (Wildman–Crippen LogP) is 1.81.